The Morgan fingerprint density at radius 1 is 1.44 bits per heavy atom. The molecule has 2 atom stereocenters. The second kappa shape index (κ2) is 8.37. The molecule has 0 spiro atoms. The second-order valence-corrected chi connectivity index (χ2v) is 6.59. The van der Waals surface area contributed by atoms with Crippen molar-refractivity contribution in [1.29, 1.82) is 0 Å². The molecule has 16 heavy (non-hydrogen) atoms. The molecule has 0 radical (unpaired) electrons. The first-order valence-corrected chi connectivity index (χ1v) is 7.67. The van der Waals surface area contributed by atoms with Gasteiger partial charge in [-0.2, -0.15) is 11.8 Å². The predicted octanol–water partition coefficient (Wildman–Crippen LogP) is 2.92. The quantitative estimate of drug-likeness (QED) is 0.697. The SMILES string of the molecule is CC(C)COCCCNC1CCCSC1C. The zero-order valence-electron chi connectivity index (χ0n) is 11.0. The number of rotatable bonds is 7. The van der Waals surface area contributed by atoms with Crippen LogP contribution >= 0.6 is 11.8 Å². The van der Waals surface area contributed by atoms with Crippen LogP contribution < -0.4 is 5.32 Å². The van der Waals surface area contributed by atoms with Gasteiger partial charge in [-0.05, 0) is 37.5 Å². The van der Waals surface area contributed by atoms with Crippen LogP contribution in [0.4, 0.5) is 0 Å². The first-order chi connectivity index (χ1) is 7.70. The summed E-state index contributed by atoms with van der Waals surface area (Å²) in [7, 11) is 0. The normalized spacial score (nSPS) is 26.2. The fourth-order valence-electron chi connectivity index (χ4n) is 1.97. The number of hydrogen-bond acceptors (Lipinski definition) is 3. The molecule has 0 aromatic rings. The van der Waals surface area contributed by atoms with Crippen LogP contribution in [0.15, 0.2) is 0 Å². The highest BCUT2D eigenvalue weighted by atomic mass is 32.2. The van der Waals surface area contributed by atoms with Crippen molar-refractivity contribution in [2.45, 2.75) is 51.3 Å². The first kappa shape index (κ1) is 14.3. The molecule has 1 aliphatic heterocycles. The second-order valence-electron chi connectivity index (χ2n) is 5.10. The van der Waals surface area contributed by atoms with Gasteiger partial charge < -0.3 is 10.1 Å². The van der Waals surface area contributed by atoms with E-state index < -0.39 is 0 Å². The van der Waals surface area contributed by atoms with Crippen molar-refractivity contribution in [2.24, 2.45) is 5.92 Å². The molecule has 3 heteroatoms. The van der Waals surface area contributed by atoms with Gasteiger partial charge in [0, 0.05) is 24.5 Å². The van der Waals surface area contributed by atoms with Crippen LogP contribution in [0.1, 0.15) is 40.0 Å². The number of thioether (sulfide) groups is 1. The average Bonchev–Trinajstić information content (AvgIpc) is 2.25. The van der Waals surface area contributed by atoms with Gasteiger partial charge in [-0.1, -0.05) is 20.8 Å². The Hall–Kier alpha value is 0.270. The topological polar surface area (TPSA) is 21.3 Å². The molecular formula is C13H27NOS. The van der Waals surface area contributed by atoms with Crippen molar-refractivity contribution in [1.82, 2.24) is 5.32 Å². The molecule has 0 bridgehead atoms. The van der Waals surface area contributed by atoms with E-state index in [0.29, 0.717) is 5.92 Å². The van der Waals surface area contributed by atoms with Crippen LogP contribution in [0.2, 0.25) is 0 Å². The fraction of sp³-hybridized carbons (Fsp3) is 1.00. The highest BCUT2D eigenvalue weighted by Gasteiger charge is 2.20. The summed E-state index contributed by atoms with van der Waals surface area (Å²) in [6, 6.07) is 0.726. The monoisotopic (exact) mass is 245 g/mol. The van der Waals surface area contributed by atoms with Gasteiger partial charge in [0.05, 0.1) is 0 Å². The highest BCUT2D eigenvalue weighted by molar-refractivity contribution is 7.99. The Morgan fingerprint density at radius 3 is 2.94 bits per heavy atom. The summed E-state index contributed by atoms with van der Waals surface area (Å²) in [5.41, 5.74) is 0. The zero-order valence-corrected chi connectivity index (χ0v) is 11.8. The summed E-state index contributed by atoms with van der Waals surface area (Å²) in [6.07, 6.45) is 3.86. The molecule has 1 N–H and O–H groups in total. The van der Waals surface area contributed by atoms with Gasteiger partial charge in [-0.3, -0.25) is 0 Å². The minimum absolute atomic E-state index is 0.655. The summed E-state index contributed by atoms with van der Waals surface area (Å²) < 4.78 is 5.57. The Bertz CT molecular complexity index is 175. The predicted molar refractivity (Wildman–Crippen MR) is 73.2 cm³/mol. The Kier molecular flexibility index (Phi) is 7.50. The average molecular weight is 245 g/mol. The minimum Gasteiger partial charge on any atom is -0.381 e. The van der Waals surface area contributed by atoms with Crippen LogP contribution in [0.3, 0.4) is 0 Å². The molecule has 1 saturated heterocycles. The minimum atomic E-state index is 0.655. The molecular weight excluding hydrogens is 218 g/mol. The number of ether oxygens (including phenoxy) is 1. The molecule has 0 aromatic heterocycles. The lowest BCUT2D eigenvalue weighted by molar-refractivity contribution is 0.107. The lowest BCUT2D eigenvalue weighted by Gasteiger charge is -2.29. The number of nitrogens with one attached hydrogen (secondary N) is 1. The standard InChI is InChI=1S/C13H27NOS/c1-11(2)10-15-8-5-7-14-13-6-4-9-16-12(13)3/h11-14H,4-10H2,1-3H3. The summed E-state index contributed by atoms with van der Waals surface area (Å²) in [6.45, 7) is 9.64. The van der Waals surface area contributed by atoms with Crippen molar-refractivity contribution >= 4 is 11.8 Å². The van der Waals surface area contributed by atoms with Gasteiger partial charge in [-0.15, -0.1) is 0 Å². The molecule has 96 valence electrons. The maximum Gasteiger partial charge on any atom is 0.0489 e. The van der Waals surface area contributed by atoms with E-state index in [1.807, 2.05) is 0 Å². The third-order valence-corrected chi connectivity index (χ3v) is 4.31. The molecule has 0 aromatic carbocycles. The Morgan fingerprint density at radius 2 is 2.25 bits per heavy atom. The molecule has 1 fully saturated rings. The Labute approximate surface area is 105 Å². The lowest BCUT2D eigenvalue weighted by atomic mass is 10.1. The largest absolute Gasteiger partial charge is 0.381 e. The smallest absolute Gasteiger partial charge is 0.0489 e. The van der Waals surface area contributed by atoms with E-state index in [0.717, 1.165) is 37.5 Å². The van der Waals surface area contributed by atoms with Gasteiger partial charge in [0.1, 0.15) is 0 Å². The van der Waals surface area contributed by atoms with Crippen LogP contribution in [-0.4, -0.2) is 36.8 Å². The molecule has 1 rings (SSSR count). The van der Waals surface area contributed by atoms with E-state index in [1.165, 1.54) is 18.6 Å². The van der Waals surface area contributed by atoms with Crippen LogP contribution in [0.5, 0.6) is 0 Å². The highest BCUT2D eigenvalue weighted by Crippen LogP contribution is 2.24. The van der Waals surface area contributed by atoms with Crippen molar-refractivity contribution in [3.05, 3.63) is 0 Å². The van der Waals surface area contributed by atoms with Crippen LogP contribution in [0.25, 0.3) is 0 Å². The summed E-state index contributed by atoms with van der Waals surface area (Å²) in [5, 5.41) is 4.44. The Balaban J connectivity index is 1.94. The van der Waals surface area contributed by atoms with Crippen molar-refractivity contribution < 1.29 is 4.74 Å². The molecule has 2 unspecified atom stereocenters. The first-order valence-electron chi connectivity index (χ1n) is 6.63. The van der Waals surface area contributed by atoms with E-state index in [4.69, 9.17) is 4.74 Å². The molecule has 0 saturated carbocycles. The van der Waals surface area contributed by atoms with Gasteiger partial charge in [0.25, 0.3) is 0 Å². The van der Waals surface area contributed by atoms with Crippen LogP contribution in [0, 0.1) is 5.92 Å². The maximum absolute atomic E-state index is 5.57. The number of hydrogen-bond donors (Lipinski definition) is 1. The van der Waals surface area contributed by atoms with Crippen LogP contribution in [-0.2, 0) is 4.74 Å². The third kappa shape index (κ3) is 6.12. The van der Waals surface area contributed by atoms with E-state index in [1.54, 1.807) is 0 Å². The van der Waals surface area contributed by atoms with Gasteiger partial charge in [-0.25, -0.2) is 0 Å². The molecule has 2 nitrogen and oxygen atoms in total. The third-order valence-electron chi connectivity index (χ3n) is 2.93. The van der Waals surface area contributed by atoms with Gasteiger partial charge in [0.2, 0.25) is 0 Å². The summed E-state index contributed by atoms with van der Waals surface area (Å²) >= 11 is 2.10. The fourth-order valence-corrected chi connectivity index (χ4v) is 3.14. The lowest BCUT2D eigenvalue weighted by Crippen LogP contribution is -2.39. The summed E-state index contributed by atoms with van der Waals surface area (Å²) in [4.78, 5) is 0. The zero-order chi connectivity index (χ0) is 11.8. The maximum atomic E-state index is 5.57. The van der Waals surface area contributed by atoms with Crippen molar-refractivity contribution in [2.75, 3.05) is 25.5 Å². The van der Waals surface area contributed by atoms with Crippen molar-refractivity contribution in [3.63, 3.8) is 0 Å². The summed E-state index contributed by atoms with van der Waals surface area (Å²) in [5.74, 6) is 2.00. The molecule has 0 amide bonds. The van der Waals surface area contributed by atoms with E-state index in [2.05, 4.69) is 37.8 Å². The molecule has 1 aliphatic rings. The van der Waals surface area contributed by atoms with E-state index >= 15 is 0 Å². The van der Waals surface area contributed by atoms with E-state index in [-0.39, 0.29) is 0 Å². The van der Waals surface area contributed by atoms with Gasteiger partial charge >= 0.3 is 0 Å². The van der Waals surface area contributed by atoms with Gasteiger partial charge in [0.15, 0.2) is 0 Å². The molecule has 0 aliphatic carbocycles. The van der Waals surface area contributed by atoms with Crippen molar-refractivity contribution in [3.8, 4) is 0 Å². The molecule has 1 heterocycles. The van der Waals surface area contributed by atoms with E-state index in [9.17, 15) is 0 Å².